The van der Waals surface area contributed by atoms with Crippen LogP contribution in [-0.4, -0.2) is 47.4 Å². The van der Waals surface area contributed by atoms with Gasteiger partial charge < -0.3 is 20.3 Å². The molecule has 0 radical (unpaired) electrons. The zero-order valence-electron chi connectivity index (χ0n) is 36.0. The van der Waals surface area contributed by atoms with Crippen LogP contribution in [0.4, 0.5) is 0 Å². The van der Waals surface area contributed by atoms with Gasteiger partial charge in [0.15, 0.2) is 0 Å². The van der Waals surface area contributed by atoms with Crippen molar-refractivity contribution in [3.63, 3.8) is 0 Å². The predicted octanol–water partition coefficient (Wildman–Crippen LogP) is 13.6. The van der Waals surface area contributed by atoms with E-state index in [2.05, 4.69) is 31.3 Å². The molecule has 0 saturated carbocycles. The molecule has 0 aromatic rings. The molecule has 0 fully saturated rings. The molecule has 0 rings (SSSR count). The number of hydrogen-bond acceptors (Lipinski definition) is 5. The van der Waals surface area contributed by atoms with E-state index < -0.39 is 12.1 Å². The first kappa shape index (κ1) is 52.3. The van der Waals surface area contributed by atoms with Crippen LogP contribution in [0.5, 0.6) is 0 Å². The van der Waals surface area contributed by atoms with Crippen molar-refractivity contribution >= 4 is 11.9 Å². The maximum absolute atomic E-state index is 12.3. The molecule has 3 N–H and O–H groups in total. The van der Waals surface area contributed by atoms with Gasteiger partial charge in [-0.25, -0.2) is 0 Å². The van der Waals surface area contributed by atoms with Crippen LogP contribution in [-0.2, 0) is 14.3 Å². The van der Waals surface area contributed by atoms with E-state index in [0.29, 0.717) is 19.4 Å². The van der Waals surface area contributed by atoms with Crippen LogP contribution in [0.2, 0.25) is 0 Å². The second-order valence-electron chi connectivity index (χ2n) is 16.1. The summed E-state index contributed by atoms with van der Waals surface area (Å²) in [7, 11) is 0. The molecule has 6 nitrogen and oxygen atoms in total. The normalized spacial score (nSPS) is 12.9. The van der Waals surface area contributed by atoms with Gasteiger partial charge in [-0.2, -0.15) is 0 Å². The summed E-state index contributed by atoms with van der Waals surface area (Å²) in [4.78, 5) is 24.3. The van der Waals surface area contributed by atoms with E-state index in [1.54, 1.807) is 6.08 Å². The molecule has 0 aromatic carbocycles. The van der Waals surface area contributed by atoms with Gasteiger partial charge in [0, 0.05) is 12.8 Å². The number of esters is 1. The lowest BCUT2D eigenvalue weighted by atomic mass is 10.0. The van der Waals surface area contributed by atoms with E-state index >= 15 is 0 Å². The third kappa shape index (κ3) is 40.0. The van der Waals surface area contributed by atoms with E-state index in [-0.39, 0.29) is 18.5 Å². The van der Waals surface area contributed by atoms with Crippen molar-refractivity contribution in [3.8, 4) is 0 Å². The highest BCUT2D eigenvalue weighted by Gasteiger charge is 2.18. The number of carbonyl (C=O) groups is 2. The quantitative estimate of drug-likeness (QED) is 0.0327. The molecule has 0 bridgehead atoms. The number of amides is 1. The molecule has 6 heteroatoms. The second kappa shape index (κ2) is 44.1. The molecular weight excluding hydrogens is 671 g/mol. The zero-order valence-corrected chi connectivity index (χ0v) is 36.0. The summed E-state index contributed by atoms with van der Waals surface area (Å²) in [5, 5.41) is 22.8. The van der Waals surface area contributed by atoms with Crippen LogP contribution < -0.4 is 5.32 Å². The number of aliphatic hydroxyl groups excluding tert-OH is 2. The Bertz CT molecular complexity index is 843. The van der Waals surface area contributed by atoms with E-state index in [9.17, 15) is 19.8 Å². The third-order valence-electron chi connectivity index (χ3n) is 10.7. The van der Waals surface area contributed by atoms with E-state index in [0.717, 1.165) is 70.6 Å². The molecule has 0 aromatic heterocycles. The zero-order chi connectivity index (χ0) is 39.4. The Balaban J connectivity index is 3.48. The first-order chi connectivity index (χ1) is 26.5. The summed E-state index contributed by atoms with van der Waals surface area (Å²) >= 11 is 0. The minimum absolute atomic E-state index is 0.0107. The minimum Gasteiger partial charge on any atom is -0.466 e. The SMILES string of the molecule is CCCCCCCCC/C=C/C(O)C(CO)NC(=O)CCCCCCCCC/C=C\CCCCCCOC(=O)CCCCCCCCCCCCCCC. The molecule has 1 amide bonds. The first-order valence-electron chi connectivity index (χ1n) is 23.6. The highest BCUT2D eigenvalue weighted by molar-refractivity contribution is 5.76. The van der Waals surface area contributed by atoms with Crippen molar-refractivity contribution in [2.75, 3.05) is 13.2 Å². The Morgan fingerprint density at radius 3 is 1.31 bits per heavy atom. The van der Waals surface area contributed by atoms with E-state index in [1.165, 1.54) is 148 Å². The van der Waals surface area contributed by atoms with Crippen molar-refractivity contribution < 1.29 is 24.5 Å². The Morgan fingerprint density at radius 2 is 0.870 bits per heavy atom. The highest BCUT2D eigenvalue weighted by Crippen LogP contribution is 2.15. The molecule has 0 aliphatic rings. The van der Waals surface area contributed by atoms with Gasteiger partial charge in [-0.15, -0.1) is 0 Å². The summed E-state index contributed by atoms with van der Waals surface area (Å²) in [6, 6.07) is -0.636. The average molecular weight is 762 g/mol. The van der Waals surface area contributed by atoms with Gasteiger partial charge in [0.2, 0.25) is 5.91 Å². The number of ether oxygens (including phenoxy) is 1. The number of carbonyl (C=O) groups excluding carboxylic acids is 2. The maximum Gasteiger partial charge on any atom is 0.305 e. The van der Waals surface area contributed by atoms with Crippen molar-refractivity contribution in [2.45, 2.75) is 257 Å². The Morgan fingerprint density at radius 1 is 0.500 bits per heavy atom. The minimum atomic E-state index is -0.851. The first-order valence-corrected chi connectivity index (χ1v) is 23.6. The fourth-order valence-corrected chi connectivity index (χ4v) is 7.04. The number of nitrogens with one attached hydrogen (secondary N) is 1. The molecule has 54 heavy (non-hydrogen) atoms. The summed E-state index contributed by atoms with van der Waals surface area (Å²) in [6.07, 6.45) is 50.3. The van der Waals surface area contributed by atoms with Crippen LogP contribution in [0.25, 0.3) is 0 Å². The molecule has 0 spiro atoms. The fourth-order valence-electron chi connectivity index (χ4n) is 7.04. The number of aliphatic hydroxyl groups is 2. The summed E-state index contributed by atoms with van der Waals surface area (Å²) in [5.74, 6) is -0.0973. The fraction of sp³-hybridized carbons (Fsp3) is 0.875. The molecule has 318 valence electrons. The van der Waals surface area contributed by atoms with Crippen molar-refractivity contribution in [3.05, 3.63) is 24.3 Å². The smallest absolute Gasteiger partial charge is 0.305 e. The summed E-state index contributed by atoms with van der Waals surface area (Å²) in [6.45, 7) is 4.83. The third-order valence-corrected chi connectivity index (χ3v) is 10.7. The van der Waals surface area contributed by atoms with Gasteiger partial charge in [-0.3, -0.25) is 9.59 Å². The van der Waals surface area contributed by atoms with Gasteiger partial charge in [-0.05, 0) is 57.8 Å². The largest absolute Gasteiger partial charge is 0.466 e. The topological polar surface area (TPSA) is 95.9 Å². The van der Waals surface area contributed by atoms with Gasteiger partial charge in [0.1, 0.15) is 0 Å². The molecule has 0 aliphatic carbocycles. The molecule has 0 saturated heterocycles. The number of hydrogen-bond donors (Lipinski definition) is 3. The Labute approximate surface area is 335 Å². The molecule has 0 aliphatic heterocycles. The average Bonchev–Trinajstić information content (AvgIpc) is 3.17. The lowest BCUT2D eigenvalue weighted by Crippen LogP contribution is -2.45. The number of rotatable bonds is 43. The predicted molar refractivity (Wildman–Crippen MR) is 232 cm³/mol. The van der Waals surface area contributed by atoms with Crippen LogP contribution in [0, 0.1) is 0 Å². The second-order valence-corrected chi connectivity index (χ2v) is 16.1. The van der Waals surface area contributed by atoms with Crippen LogP contribution >= 0.6 is 0 Å². The van der Waals surface area contributed by atoms with E-state index in [4.69, 9.17) is 4.74 Å². The van der Waals surface area contributed by atoms with Crippen molar-refractivity contribution in [2.24, 2.45) is 0 Å². The summed E-state index contributed by atoms with van der Waals surface area (Å²) in [5.41, 5.74) is 0. The molecule has 0 heterocycles. The molecule has 2 atom stereocenters. The van der Waals surface area contributed by atoms with Crippen LogP contribution in [0.15, 0.2) is 24.3 Å². The highest BCUT2D eigenvalue weighted by atomic mass is 16.5. The van der Waals surface area contributed by atoms with Crippen molar-refractivity contribution in [1.29, 1.82) is 0 Å². The Hall–Kier alpha value is -1.66. The van der Waals surface area contributed by atoms with Gasteiger partial charge >= 0.3 is 5.97 Å². The van der Waals surface area contributed by atoms with Gasteiger partial charge in [-0.1, -0.05) is 199 Å². The van der Waals surface area contributed by atoms with Crippen LogP contribution in [0.1, 0.15) is 245 Å². The molecular formula is C48H91NO5. The van der Waals surface area contributed by atoms with Gasteiger partial charge in [0.05, 0.1) is 25.4 Å². The standard InChI is InChI=1S/C48H91NO5/c1-3-5-7-9-11-13-14-18-22-26-30-34-38-42-48(53)54-43-39-35-31-27-23-20-17-15-16-19-21-25-29-33-37-41-47(52)49-45(44-50)46(51)40-36-32-28-24-12-10-8-6-4-2/h17,20,36,40,45-46,50-51H,3-16,18-19,21-35,37-39,41-44H2,1-2H3,(H,49,52)/b20-17-,40-36+. The summed E-state index contributed by atoms with van der Waals surface area (Å²) < 4.78 is 5.44. The lowest BCUT2D eigenvalue weighted by Gasteiger charge is -2.20. The van der Waals surface area contributed by atoms with Crippen LogP contribution in [0.3, 0.4) is 0 Å². The Kier molecular flexibility index (Phi) is 42.7. The molecule has 2 unspecified atom stereocenters. The maximum atomic E-state index is 12.3. The number of allylic oxidation sites excluding steroid dienone is 3. The van der Waals surface area contributed by atoms with Gasteiger partial charge in [0.25, 0.3) is 0 Å². The number of unbranched alkanes of at least 4 members (excludes halogenated alkanes) is 30. The van der Waals surface area contributed by atoms with E-state index in [1.807, 2.05) is 6.08 Å². The lowest BCUT2D eigenvalue weighted by molar-refractivity contribution is -0.143. The van der Waals surface area contributed by atoms with Crippen molar-refractivity contribution in [1.82, 2.24) is 5.32 Å². The monoisotopic (exact) mass is 762 g/mol.